The topological polar surface area (TPSA) is 57.9 Å². The van der Waals surface area contributed by atoms with Crippen LogP contribution in [-0.2, 0) is 6.54 Å². The number of likely N-dealkylation sites (tertiary alicyclic amines) is 1. The minimum atomic E-state index is 0. The highest BCUT2D eigenvalue weighted by Gasteiger charge is 2.33. The van der Waals surface area contributed by atoms with E-state index in [1.54, 1.807) is 0 Å². The first kappa shape index (κ1) is 19.6. The van der Waals surface area contributed by atoms with Crippen LogP contribution in [0, 0.1) is 12.8 Å². The van der Waals surface area contributed by atoms with Gasteiger partial charge in [-0.2, -0.15) is 5.10 Å². The highest BCUT2D eigenvalue weighted by Crippen LogP contribution is 2.33. The Bertz CT molecular complexity index is 844. The number of nitrogens with two attached hydrogens (primary N) is 1. The quantitative estimate of drug-likeness (QED) is 0.701. The number of aromatic nitrogens is 2. The van der Waals surface area contributed by atoms with Crippen molar-refractivity contribution in [1.82, 2.24) is 15.1 Å². The van der Waals surface area contributed by atoms with Gasteiger partial charge in [0, 0.05) is 31.1 Å². The first-order chi connectivity index (χ1) is 12.7. The Morgan fingerprint density at radius 3 is 2.52 bits per heavy atom. The van der Waals surface area contributed by atoms with E-state index in [0.717, 1.165) is 31.9 Å². The van der Waals surface area contributed by atoms with Crippen LogP contribution >= 0.6 is 12.4 Å². The number of nitrogens with zero attached hydrogens (tertiary/aromatic N) is 2. The SMILES string of the molecule is Cc1ccc(-c2[nH]ncc2CN2C[C@@H](CN)[C@H](c3ccccc3)C2)cc1.Cl. The smallest absolute Gasteiger partial charge is 0.0695 e. The lowest BCUT2D eigenvalue weighted by atomic mass is 9.89. The first-order valence-electron chi connectivity index (χ1n) is 9.31. The zero-order valence-electron chi connectivity index (χ0n) is 15.6. The van der Waals surface area contributed by atoms with Crippen LogP contribution in [-0.4, -0.2) is 34.7 Å². The third-order valence-corrected chi connectivity index (χ3v) is 5.50. The number of rotatable bonds is 5. The van der Waals surface area contributed by atoms with Crippen molar-refractivity contribution in [2.45, 2.75) is 19.4 Å². The molecule has 0 aliphatic carbocycles. The van der Waals surface area contributed by atoms with E-state index in [1.807, 2.05) is 6.20 Å². The van der Waals surface area contributed by atoms with Gasteiger partial charge in [0.2, 0.25) is 0 Å². The Hall–Kier alpha value is -2.14. The van der Waals surface area contributed by atoms with E-state index in [1.165, 1.54) is 22.3 Å². The van der Waals surface area contributed by atoms with Crippen LogP contribution in [0.3, 0.4) is 0 Å². The summed E-state index contributed by atoms with van der Waals surface area (Å²) in [6.45, 7) is 5.82. The maximum Gasteiger partial charge on any atom is 0.0695 e. The van der Waals surface area contributed by atoms with Gasteiger partial charge in [-0.3, -0.25) is 10.00 Å². The van der Waals surface area contributed by atoms with Crippen LogP contribution in [0.15, 0.2) is 60.8 Å². The van der Waals surface area contributed by atoms with Crippen molar-refractivity contribution in [3.63, 3.8) is 0 Å². The number of aryl methyl sites for hydroxylation is 1. The molecule has 1 saturated heterocycles. The molecule has 4 rings (SSSR count). The predicted octanol–water partition coefficient (Wildman–Crippen LogP) is 3.98. The molecule has 2 aromatic carbocycles. The summed E-state index contributed by atoms with van der Waals surface area (Å²) in [7, 11) is 0. The number of aromatic amines is 1. The predicted molar refractivity (Wildman–Crippen MR) is 113 cm³/mol. The van der Waals surface area contributed by atoms with Gasteiger partial charge in [0.25, 0.3) is 0 Å². The summed E-state index contributed by atoms with van der Waals surface area (Å²) in [5, 5.41) is 7.49. The summed E-state index contributed by atoms with van der Waals surface area (Å²) in [4.78, 5) is 2.51. The fourth-order valence-corrected chi connectivity index (χ4v) is 4.05. The fourth-order valence-electron chi connectivity index (χ4n) is 4.05. The number of H-pyrrole nitrogens is 1. The molecule has 0 amide bonds. The summed E-state index contributed by atoms with van der Waals surface area (Å²) in [6.07, 6.45) is 1.96. The van der Waals surface area contributed by atoms with Crippen LogP contribution in [0.1, 0.15) is 22.6 Å². The molecule has 2 atom stereocenters. The van der Waals surface area contributed by atoms with Crippen LogP contribution < -0.4 is 5.73 Å². The highest BCUT2D eigenvalue weighted by atomic mass is 35.5. The van der Waals surface area contributed by atoms with E-state index in [2.05, 4.69) is 76.6 Å². The Morgan fingerprint density at radius 1 is 1.07 bits per heavy atom. The molecule has 0 radical (unpaired) electrons. The molecule has 1 aromatic heterocycles. The maximum atomic E-state index is 6.09. The zero-order chi connectivity index (χ0) is 17.9. The molecule has 0 unspecified atom stereocenters. The maximum absolute atomic E-state index is 6.09. The molecule has 142 valence electrons. The number of halogens is 1. The Labute approximate surface area is 167 Å². The normalized spacial score (nSPS) is 19.8. The summed E-state index contributed by atoms with van der Waals surface area (Å²) < 4.78 is 0. The van der Waals surface area contributed by atoms with Gasteiger partial charge in [-0.15, -0.1) is 12.4 Å². The van der Waals surface area contributed by atoms with Gasteiger partial charge in [0.1, 0.15) is 0 Å². The molecule has 3 N–H and O–H groups in total. The van der Waals surface area contributed by atoms with Gasteiger partial charge < -0.3 is 5.73 Å². The number of nitrogens with one attached hydrogen (secondary N) is 1. The minimum absolute atomic E-state index is 0. The number of hydrogen-bond donors (Lipinski definition) is 2. The fraction of sp³-hybridized carbons (Fsp3) is 0.318. The molecule has 1 aliphatic rings. The van der Waals surface area contributed by atoms with E-state index >= 15 is 0 Å². The standard InChI is InChI=1S/C22H26N4.ClH/c1-16-7-9-18(10-8-16)22-20(12-24-25-22)14-26-13-19(11-23)21(15-26)17-5-3-2-4-6-17;/h2-10,12,19,21H,11,13-15,23H2,1H3,(H,24,25);1H/t19-,21+;/m1./s1. The summed E-state index contributed by atoms with van der Waals surface area (Å²) in [5.41, 5.74) is 12.3. The second-order valence-electron chi connectivity index (χ2n) is 7.34. The van der Waals surface area contributed by atoms with Crippen molar-refractivity contribution < 1.29 is 0 Å². The molecular formula is C22H27ClN4. The van der Waals surface area contributed by atoms with Crippen molar-refractivity contribution in [2.75, 3.05) is 19.6 Å². The van der Waals surface area contributed by atoms with Crippen LogP contribution in [0.25, 0.3) is 11.3 Å². The van der Waals surface area contributed by atoms with Gasteiger partial charge in [0.15, 0.2) is 0 Å². The third kappa shape index (κ3) is 4.24. The van der Waals surface area contributed by atoms with Crippen LogP contribution in [0.2, 0.25) is 0 Å². The Morgan fingerprint density at radius 2 is 1.81 bits per heavy atom. The average Bonchev–Trinajstić information content (AvgIpc) is 3.30. The molecule has 2 heterocycles. The first-order valence-corrected chi connectivity index (χ1v) is 9.31. The second kappa shape index (κ2) is 8.70. The summed E-state index contributed by atoms with van der Waals surface area (Å²) in [5.74, 6) is 1.02. The lowest BCUT2D eigenvalue weighted by Gasteiger charge is -2.17. The molecule has 0 bridgehead atoms. The Balaban J connectivity index is 0.00000210. The van der Waals surface area contributed by atoms with Gasteiger partial charge in [0.05, 0.1) is 11.9 Å². The van der Waals surface area contributed by atoms with E-state index in [0.29, 0.717) is 11.8 Å². The zero-order valence-corrected chi connectivity index (χ0v) is 16.5. The molecule has 27 heavy (non-hydrogen) atoms. The van der Waals surface area contributed by atoms with E-state index in [-0.39, 0.29) is 12.4 Å². The van der Waals surface area contributed by atoms with Crippen molar-refractivity contribution in [3.8, 4) is 11.3 Å². The average molecular weight is 383 g/mol. The molecule has 1 fully saturated rings. The molecule has 3 aromatic rings. The van der Waals surface area contributed by atoms with E-state index in [9.17, 15) is 0 Å². The molecular weight excluding hydrogens is 356 g/mol. The Kier molecular flexibility index (Phi) is 6.32. The van der Waals surface area contributed by atoms with Gasteiger partial charge in [-0.05, 0) is 30.5 Å². The largest absolute Gasteiger partial charge is 0.330 e. The molecule has 4 nitrogen and oxygen atoms in total. The van der Waals surface area contributed by atoms with E-state index in [4.69, 9.17) is 5.73 Å². The minimum Gasteiger partial charge on any atom is -0.330 e. The number of hydrogen-bond acceptors (Lipinski definition) is 3. The molecule has 0 spiro atoms. The van der Waals surface area contributed by atoms with Crippen molar-refractivity contribution >= 4 is 12.4 Å². The second-order valence-corrected chi connectivity index (χ2v) is 7.34. The van der Waals surface area contributed by atoms with Crippen LogP contribution in [0.5, 0.6) is 0 Å². The van der Waals surface area contributed by atoms with Crippen molar-refractivity contribution in [1.29, 1.82) is 0 Å². The van der Waals surface area contributed by atoms with Gasteiger partial charge >= 0.3 is 0 Å². The molecule has 5 heteroatoms. The summed E-state index contributed by atoms with van der Waals surface area (Å²) in [6, 6.07) is 19.4. The molecule has 1 aliphatic heterocycles. The number of benzene rings is 2. The molecule has 0 saturated carbocycles. The van der Waals surface area contributed by atoms with Crippen molar-refractivity contribution in [2.24, 2.45) is 11.7 Å². The summed E-state index contributed by atoms with van der Waals surface area (Å²) >= 11 is 0. The van der Waals surface area contributed by atoms with Gasteiger partial charge in [-0.1, -0.05) is 60.2 Å². The van der Waals surface area contributed by atoms with Crippen molar-refractivity contribution in [3.05, 3.63) is 77.5 Å². The van der Waals surface area contributed by atoms with Gasteiger partial charge in [-0.25, -0.2) is 0 Å². The lowest BCUT2D eigenvalue weighted by Crippen LogP contribution is -2.23. The lowest BCUT2D eigenvalue weighted by molar-refractivity contribution is 0.317. The van der Waals surface area contributed by atoms with Crippen LogP contribution in [0.4, 0.5) is 0 Å². The monoisotopic (exact) mass is 382 g/mol. The third-order valence-electron chi connectivity index (χ3n) is 5.50. The highest BCUT2D eigenvalue weighted by molar-refractivity contribution is 5.85. The van der Waals surface area contributed by atoms with E-state index < -0.39 is 0 Å².